The van der Waals surface area contributed by atoms with Gasteiger partial charge < -0.3 is 5.32 Å². The zero-order chi connectivity index (χ0) is 14.8. The maximum atomic E-state index is 13.8. The van der Waals surface area contributed by atoms with Crippen LogP contribution in [0.25, 0.3) is 0 Å². The number of anilines is 1. The lowest BCUT2D eigenvalue weighted by Gasteiger charge is -2.27. The Kier molecular flexibility index (Phi) is 4.47. The lowest BCUT2D eigenvalue weighted by atomic mass is 10.1. The Balaban J connectivity index is 2.24. The summed E-state index contributed by atoms with van der Waals surface area (Å²) in [4.78, 5) is 10.2. The van der Waals surface area contributed by atoms with Crippen molar-refractivity contribution in [1.82, 2.24) is 0 Å². The molecule has 1 fully saturated rings. The molecule has 0 aliphatic heterocycles. The first-order valence-corrected chi connectivity index (χ1v) is 7.63. The molecule has 0 heterocycles. The van der Waals surface area contributed by atoms with Crippen molar-refractivity contribution >= 4 is 23.1 Å². The first-order valence-electron chi connectivity index (χ1n) is 6.40. The van der Waals surface area contributed by atoms with Gasteiger partial charge in [0.2, 0.25) is 0 Å². The van der Waals surface area contributed by atoms with Crippen LogP contribution >= 0.6 is 11.8 Å². The van der Waals surface area contributed by atoms with E-state index in [1.165, 1.54) is 0 Å². The summed E-state index contributed by atoms with van der Waals surface area (Å²) in [7, 11) is 0. The quantitative estimate of drug-likeness (QED) is 0.660. The molecule has 1 aliphatic carbocycles. The minimum atomic E-state index is -1.19. The lowest BCUT2D eigenvalue weighted by molar-refractivity contribution is -0.384. The molecule has 0 bridgehead atoms. The molecule has 0 unspecified atom stereocenters. The van der Waals surface area contributed by atoms with E-state index in [9.17, 15) is 18.9 Å². The second-order valence-electron chi connectivity index (χ2n) is 4.96. The summed E-state index contributed by atoms with van der Waals surface area (Å²) in [5.74, 6) is -2.27. The van der Waals surface area contributed by atoms with Gasteiger partial charge in [-0.15, -0.1) is 0 Å². The van der Waals surface area contributed by atoms with Crippen LogP contribution in [0.2, 0.25) is 0 Å². The van der Waals surface area contributed by atoms with Gasteiger partial charge in [-0.3, -0.25) is 10.1 Å². The molecule has 2 rings (SSSR count). The number of nitro benzene ring substituents is 1. The average molecular weight is 302 g/mol. The minimum Gasteiger partial charge on any atom is -0.376 e. The third kappa shape index (κ3) is 2.87. The van der Waals surface area contributed by atoms with Gasteiger partial charge in [-0.1, -0.05) is 12.8 Å². The van der Waals surface area contributed by atoms with Crippen LogP contribution in [-0.4, -0.2) is 22.5 Å². The Morgan fingerprint density at radius 1 is 1.40 bits per heavy atom. The van der Waals surface area contributed by atoms with Crippen LogP contribution in [0.3, 0.4) is 0 Å². The molecule has 110 valence electrons. The molecule has 20 heavy (non-hydrogen) atoms. The first kappa shape index (κ1) is 15.0. The summed E-state index contributed by atoms with van der Waals surface area (Å²) in [6.45, 7) is 0.398. The van der Waals surface area contributed by atoms with Crippen LogP contribution in [0.5, 0.6) is 0 Å². The number of nitrogens with zero attached hydrogens (tertiary/aromatic N) is 1. The standard InChI is InChI=1S/C13H16F2N2O2S/c1-20-13(6-2-3-7-13)8-16-12-10(17(18)19)5-4-9(14)11(12)15/h4-5,16H,2-3,6-8H2,1H3. The number of hydrogen-bond donors (Lipinski definition) is 1. The lowest BCUT2D eigenvalue weighted by Crippen LogP contribution is -2.30. The van der Waals surface area contributed by atoms with Crippen molar-refractivity contribution < 1.29 is 13.7 Å². The summed E-state index contributed by atoms with van der Waals surface area (Å²) < 4.78 is 27.0. The van der Waals surface area contributed by atoms with E-state index in [0.717, 1.165) is 37.8 Å². The second-order valence-corrected chi connectivity index (χ2v) is 6.23. The van der Waals surface area contributed by atoms with Gasteiger partial charge in [-0.25, -0.2) is 8.78 Å². The first-order chi connectivity index (χ1) is 9.49. The second kappa shape index (κ2) is 5.95. The summed E-state index contributed by atoms with van der Waals surface area (Å²) in [5.41, 5.74) is -0.784. The summed E-state index contributed by atoms with van der Waals surface area (Å²) >= 11 is 1.67. The molecule has 1 aromatic carbocycles. The highest BCUT2D eigenvalue weighted by Gasteiger charge is 2.34. The SMILES string of the molecule is CSC1(CNc2c([N+](=O)[O-])ccc(F)c2F)CCCC1. The summed E-state index contributed by atoms with van der Waals surface area (Å²) in [5, 5.41) is 13.7. The van der Waals surface area contributed by atoms with Gasteiger partial charge >= 0.3 is 0 Å². The van der Waals surface area contributed by atoms with Gasteiger partial charge in [0.15, 0.2) is 17.3 Å². The van der Waals surface area contributed by atoms with Crippen molar-refractivity contribution in [3.05, 3.63) is 33.9 Å². The number of rotatable bonds is 5. The van der Waals surface area contributed by atoms with Crippen LogP contribution in [0.4, 0.5) is 20.2 Å². The Bertz CT molecular complexity index is 519. The monoisotopic (exact) mass is 302 g/mol. The number of benzene rings is 1. The van der Waals surface area contributed by atoms with Crippen LogP contribution in [0.15, 0.2) is 12.1 Å². The predicted octanol–water partition coefficient (Wildman–Crippen LogP) is 3.96. The third-order valence-electron chi connectivity index (χ3n) is 3.80. The molecule has 4 nitrogen and oxygen atoms in total. The van der Waals surface area contributed by atoms with Gasteiger partial charge in [0.1, 0.15) is 0 Å². The van der Waals surface area contributed by atoms with Crippen LogP contribution in [0.1, 0.15) is 25.7 Å². The van der Waals surface area contributed by atoms with E-state index in [1.807, 2.05) is 6.26 Å². The molecule has 0 radical (unpaired) electrons. The predicted molar refractivity (Wildman–Crippen MR) is 76.2 cm³/mol. The fourth-order valence-electron chi connectivity index (χ4n) is 2.58. The largest absolute Gasteiger partial charge is 0.376 e. The molecule has 0 atom stereocenters. The van der Waals surface area contributed by atoms with Crippen molar-refractivity contribution in [2.24, 2.45) is 0 Å². The molecule has 0 aromatic heterocycles. The average Bonchev–Trinajstić information content (AvgIpc) is 2.89. The highest BCUT2D eigenvalue weighted by atomic mass is 32.2. The van der Waals surface area contributed by atoms with E-state index < -0.39 is 22.2 Å². The fraction of sp³-hybridized carbons (Fsp3) is 0.538. The summed E-state index contributed by atoms with van der Waals surface area (Å²) in [6, 6.07) is 1.76. The van der Waals surface area contributed by atoms with Crippen LogP contribution in [-0.2, 0) is 0 Å². The molecular weight excluding hydrogens is 286 g/mol. The zero-order valence-corrected chi connectivity index (χ0v) is 11.9. The van der Waals surface area contributed by atoms with Gasteiger partial charge in [-0.05, 0) is 25.2 Å². The van der Waals surface area contributed by atoms with Crippen molar-refractivity contribution in [2.75, 3.05) is 18.1 Å². The Labute approximate surface area is 120 Å². The highest BCUT2D eigenvalue weighted by Crippen LogP contribution is 2.41. The van der Waals surface area contributed by atoms with Gasteiger partial charge in [-0.2, -0.15) is 11.8 Å². The number of nitrogens with one attached hydrogen (secondary N) is 1. The number of halogens is 2. The molecule has 7 heteroatoms. The van der Waals surface area contributed by atoms with E-state index in [4.69, 9.17) is 0 Å². The number of nitro groups is 1. The van der Waals surface area contributed by atoms with Gasteiger partial charge in [0.25, 0.3) is 5.69 Å². The Hall–Kier alpha value is -1.37. The van der Waals surface area contributed by atoms with E-state index in [1.54, 1.807) is 11.8 Å². The molecule has 1 N–H and O–H groups in total. The molecule has 0 amide bonds. The molecule has 1 aliphatic rings. The van der Waals surface area contributed by atoms with E-state index in [0.29, 0.717) is 6.54 Å². The Morgan fingerprint density at radius 2 is 2.05 bits per heavy atom. The van der Waals surface area contributed by atoms with E-state index in [2.05, 4.69) is 5.32 Å². The molecule has 0 spiro atoms. The van der Waals surface area contributed by atoms with Gasteiger partial charge in [0.05, 0.1) is 4.92 Å². The van der Waals surface area contributed by atoms with Gasteiger partial charge in [0, 0.05) is 17.4 Å². The van der Waals surface area contributed by atoms with Crippen molar-refractivity contribution in [3.63, 3.8) is 0 Å². The number of hydrogen-bond acceptors (Lipinski definition) is 4. The maximum Gasteiger partial charge on any atom is 0.295 e. The fourth-order valence-corrected chi connectivity index (χ4v) is 3.50. The third-order valence-corrected chi connectivity index (χ3v) is 5.22. The maximum absolute atomic E-state index is 13.8. The topological polar surface area (TPSA) is 55.2 Å². The Morgan fingerprint density at radius 3 is 2.60 bits per heavy atom. The van der Waals surface area contributed by atoms with E-state index >= 15 is 0 Å². The highest BCUT2D eigenvalue weighted by molar-refractivity contribution is 8.00. The van der Waals surface area contributed by atoms with Crippen LogP contribution in [0, 0.1) is 21.7 Å². The molecule has 1 aromatic rings. The molecular formula is C13H16F2N2O2S. The zero-order valence-electron chi connectivity index (χ0n) is 11.1. The molecule has 0 saturated heterocycles. The van der Waals surface area contributed by atoms with Crippen molar-refractivity contribution in [2.45, 2.75) is 30.4 Å². The minimum absolute atomic E-state index is 0.0490. The smallest absolute Gasteiger partial charge is 0.295 e. The van der Waals surface area contributed by atoms with Crippen LogP contribution < -0.4 is 5.32 Å². The van der Waals surface area contributed by atoms with E-state index in [-0.39, 0.29) is 10.4 Å². The number of thioether (sulfide) groups is 1. The normalized spacial score (nSPS) is 17.1. The van der Waals surface area contributed by atoms with Crippen molar-refractivity contribution in [3.8, 4) is 0 Å². The molecule has 1 saturated carbocycles. The summed E-state index contributed by atoms with van der Waals surface area (Å²) in [6.07, 6.45) is 6.12. The van der Waals surface area contributed by atoms with Crippen molar-refractivity contribution in [1.29, 1.82) is 0 Å².